The molecule has 0 bridgehead atoms. The van der Waals surface area contributed by atoms with Crippen molar-refractivity contribution in [3.63, 3.8) is 0 Å². The van der Waals surface area contributed by atoms with Crippen molar-refractivity contribution >= 4 is 0 Å². The quantitative estimate of drug-likeness (QED) is 0.233. The second kappa shape index (κ2) is 13.8. The maximum absolute atomic E-state index is 5.66. The first-order valence-corrected chi connectivity index (χ1v) is 9.02. The van der Waals surface area contributed by atoms with E-state index in [0.29, 0.717) is 0 Å². The molecule has 0 aliphatic carbocycles. The molecule has 0 heterocycles. The van der Waals surface area contributed by atoms with E-state index in [1.165, 1.54) is 32.1 Å². The van der Waals surface area contributed by atoms with Crippen LogP contribution in [0.3, 0.4) is 0 Å². The van der Waals surface area contributed by atoms with Crippen LogP contribution in [0, 0.1) is 5.92 Å². The van der Waals surface area contributed by atoms with Crippen LogP contribution in [-0.4, -0.2) is 33.4 Å². The Labute approximate surface area is 143 Å². The highest BCUT2D eigenvalue weighted by molar-refractivity contribution is 4.76. The summed E-state index contributed by atoms with van der Waals surface area (Å²) in [7, 11) is 4.91. The van der Waals surface area contributed by atoms with E-state index in [2.05, 4.69) is 13.8 Å². The van der Waals surface area contributed by atoms with Gasteiger partial charge in [-0.05, 0) is 26.7 Å². The van der Waals surface area contributed by atoms with Crippen LogP contribution in [0.25, 0.3) is 0 Å². The first kappa shape index (κ1) is 22.4. The molecule has 0 spiro atoms. The fourth-order valence-corrected chi connectivity index (χ4v) is 3.03. The largest absolute Gasteiger partial charge is 0.499 e. The van der Waals surface area contributed by atoms with Crippen LogP contribution in [0.4, 0.5) is 0 Å². The van der Waals surface area contributed by atoms with E-state index in [0.717, 1.165) is 19.3 Å². The van der Waals surface area contributed by atoms with Gasteiger partial charge in [0.1, 0.15) is 0 Å². The van der Waals surface area contributed by atoms with Crippen LogP contribution in [0.2, 0.25) is 0 Å². The minimum Gasteiger partial charge on any atom is -0.499 e. The highest BCUT2D eigenvalue weighted by Gasteiger charge is 2.40. The molecule has 0 aliphatic heterocycles. The van der Waals surface area contributed by atoms with E-state index in [9.17, 15) is 0 Å². The molecular weight excluding hydrogens is 292 g/mol. The Morgan fingerprint density at radius 2 is 1.48 bits per heavy atom. The number of allylic oxidation sites excluding steroid dienone is 1. The summed E-state index contributed by atoms with van der Waals surface area (Å²) in [4.78, 5) is 0. The molecule has 2 atom stereocenters. The van der Waals surface area contributed by atoms with Gasteiger partial charge in [-0.2, -0.15) is 0 Å². The number of ether oxygens (including phenoxy) is 4. The zero-order chi connectivity index (χ0) is 17.6. The van der Waals surface area contributed by atoms with Gasteiger partial charge >= 0.3 is 0 Å². The molecule has 0 radical (unpaired) electrons. The number of unbranched alkanes of at least 4 members (excludes halogenated alkanes) is 5. The van der Waals surface area contributed by atoms with E-state index in [4.69, 9.17) is 18.9 Å². The Morgan fingerprint density at radius 3 is 2.00 bits per heavy atom. The van der Waals surface area contributed by atoms with E-state index in [-0.39, 0.29) is 12.0 Å². The van der Waals surface area contributed by atoms with E-state index >= 15 is 0 Å². The van der Waals surface area contributed by atoms with Crippen LogP contribution in [0.5, 0.6) is 0 Å². The molecule has 4 heteroatoms. The van der Waals surface area contributed by atoms with Gasteiger partial charge in [0.05, 0.1) is 12.4 Å². The van der Waals surface area contributed by atoms with Gasteiger partial charge in [-0.15, -0.1) is 0 Å². The Balaban J connectivity index is 4.59. The maximum Gasteiger partial charge on any atom is 0.285 e. The molecule has 2 unspecified atom stereocenters. The average molecular weight is 331 g/mol. The summed E-state index contributed by atoms with van der Waals surface area (Å²) in [6, 6.07) is 0. The molecule has 23 heavy (non-hydrogen) atoms. The van der Waals surface area contributed by atoms with Crippen LogP contribution in [0.15, 0.2) is 12.3 Å². The molecule has 138 valence electrons. The summed E-state index contributed by atoms with van der Waals surface area (Å²) in [6.07, 6.45) is 13.2. The predicted octanol–water partition coefficient (Wildman–Crippen LogP) is 5.28. The normalized spacial score (nSPS) is 15.0. The fourth-order valence-electron chi connectivity index (χ4n) is 3.03. The third-order valence-corrected chi connectivity index (χ3v) is 4.32. The second-order valence-electron chi connectivity index (χ2n) is 6.12. The van der Waals surface area contributed by atoms with Gasteiger partial charge in [-0.25, -0.2) is 0 Å². The van der Waals surface area contributed by atoms with Crippen molar-refractivity contribution in [3.8, 4) is 0 Å². The van der Waals surface area contributed by atoms with Crippen molar-refractivity contribution in [2.75, 3.05) is 21.3 Å². The number of methoxy groups -OCH3 is 3. The van der Waals surface area contributed by atoms with Crippen molar-refractivity contribution in [1.29, 1.82) is 0 Å². The summed E-state index contributed by atoms with van der Waals surface area (Å²) in [5.41, 5.74) is 0. The Hall–Kier alpha value is -0.580. The lowest BCUT2D eigenvalue weighted by molar-refractivity contribution is -0.381. The van der Waals surface area contributed by atoms with Crippen molar-refractivity contribution in [3.05, 3.63) is 12.3 Å². The van der Waals surface area contributed by atoms with Crippen molar-refractivity contribution in [2.24, 2.45) is 5.92 Å². The van der Waals surface area contributed by atoms with Gasteiger partial charge in [0.15, 0.2) is 0 Å². The molecule has 0 aromatic heterocycles. The SMILES string of the molecule is CC=COC(C)CC(CCCCCCCC)C(OC)(OC)OC. The predicted molar refractivity (Wildman–Crippen MR) is 95.2 cm³/mol. The van der Waals surface area contributed by atoms with Gasteiger partial charge in [0.2, 0.25) is 0 Å². The van der Waals surface area contributed by atoms with E-state index in [1.54, 1.807) is 27.6 Å². The molecule has 0 fully saturated rings. The molecule has 0 N–H and O–H groups in total. The van der Waals surface area contributed by atoms with E-state index in [1.807, 2.05) is 13.0 Å². The van der Waals surface area contributed by atoms with Crippen LogP contribution < -0.4 is 0 Å². The highest BCUT2D eigenvalue weighted by atomic mass is 16.9. The standard InChI is InChI=1S/C19H38O4/c1-7-9-10-11-12-13-14-18(16-17(3)23-15-8-2)19(20-4,21-5)22-6/h8,15,17-18H,7,9-14,16H2,1-6H3. The molecule has 0 amide bonds. The third-order valence-electron chi connectivity index (χ3n) is 4.32. The summed E-state index contributed by atoms with van der Waals surface area (Å²) in [5, 5.41) is 0. The summed E-state index contributed by atoms with van der Waals surface area (Å²) >= 11 is 0. The molecule has 0 aliphatic rings. The van der Waals surface area contributed by atoms with Gasteiger partial charge < -0.3 is 18.9 Å². The maximum atomic E-state index is 5.66. The molecule has 0 aromatic rings. The zero-order valence-corrected chi connectivity index (χ0v) is 16.1. The molecule has 0 rings (SSSR count). The fraction of sp³-hybridized carbons (Fsp3) is 0.895. The lowest BCUT2D eigenvalue weighted by Crippen LogP contribution is -2.45. The molecule has 0 aromatic carbocycles. The summed E-state index contributed by atoms with van der Waals surface area (Å²) in [6.45, 7) is 6.26. The van der Waals surface area contributed by atoms with Crippen molar-refractivity contribution in [2.45, 2.75) is 84.2 Å². The molecular formula is C19H38O4. The number of hydrogen-bond acceptors (Lipinski definition) is 4. The van der Waals surface area contributed by atoms with Gasteiger partial charge in [-0.1, -0.05) is 51.5 Å². The zero-order valence-electron chi connectivity index (χ0n) is 16.1. The smallest absolute Gasteiger partial charge is 0.285 e. The van der Waals surface area contributed by atoms with E-state index < -0.39 is 5.97 Å². The van der Waals surface area contributed by atoms with Crippen LogP contribution in [-0.2, 0) is 18.9 Å². The summed E-state index contributed by atoms with van der Waals surface area (Å²) in [5.74, 6) is -0.856. The van der Waals surface area contributed by atoms with Crippen LogP contribution in [0.1, 0.15) is 72.1 Å². The van der Waals surface area contributed by atoms with Gasteiger partial charge in [-0.3, -0.25) is 0 Å². The highest BCUT2D eigenvalue weighted by Crippen LogP contribution is 2.33. The second-order valence-corrected chi connectivity index (χ2v) is 6.12. The number of hydrogen-bond donors (Lipinski definition) is 0. The van der Waals surface area contributed by atoms with Gasteiger partial charge in [0.25, 0.3) is 5.97 Å². The minimum atomic E-state index is -0.989. The number of rotatable bonds is 15. The van der Waals surface area contributed by atoms with Crippen molar-refractivity contribution in [1.82, 2.24) is 0 Å². The average Bonchev–Trinajstić information content (AvgIpc) is 2.57. The van der Waals surface area contributed by atoms with Gasteiger partial charge in [0, 0.05) is 27.2 Å². The molecule has 4 nitrogen and oxygen atoms in total. The minimum absolute atomic E-state index is 0.0936. The molecule has 0 saturated heterocycles. The van der Waals surface area contributed by atoms with Crippen LogP contribution >= 0.6 is 0 Å². The van der Waals surface area contributed by atoms with Crippen molar-refractivity contribution < 1.29 is 18.9 Å². The lowest BCUT2D eigenvalue weighted by atomic mass is 9.92. The Kier molecular flexibility index (Phi) is 13.5. The first-order valence-electron chi connectivity index (χ1n) is 9.02. The Bertz CT molecular complexity index is 279. The topological polar surface area (TPSA) is 36.9 Å². The molecule has 0 saturated carbocycles. The Morgan fingerprint density at radius 1 is 0.913 bits per heavy atom. The summed E-state index contributed by atoms with van der Waals surface area (Å²) < 4.78 is 22.4. The monoisotopic (exact) mass is 330 g/mol. The first-order chi connectivity index (χ1) is 11.1. The lowest BCUT2D eigenvalue weighted by Gasteiger charge is -2.37. The third kappa shape index (κ3) is 8.73.